The van der Waals surface area contributed by atoms with Gasteiger partial charge in [0.15, 0.2) is 5.69 Å². The van der Waals surface area contributed by atoms with Crippen LogP contribution in [0.1, 0.15) is 67.7 Å². The van der Waals surface area contributed by atoms with Crippen LogP contribution in [-0.2, 0) is 30.2 Å². The predicted octanol–water partition coefficient (Wildman–Crippen LogP) is 7.33. The molecule has 3 aromatic carbocycles. The van der Waals surface area contributed by atoms with Gasteiger partial charge in [-0.3, -0.25) is 19.8 Å². The zero-order chi connectivity index (χ0) is 38.7. The molecule has 13 heteroatoms. The second-order valence-corrected chi connectivity index (χ2v) is 13.7. The number of esters is 1. The summed E-state index contributed by atoms with van der Waals surface area (Å²) in [6, 6.07) is 25.7. The summed E-state index contributed by atoms with van der Waals surface area (Å²) >= 11 is 0. The number of fused-ring (bicyclic) bond motifs is 3. The van der Waals surface area contributed by atoms with Gasteiger partial charge < -0.3 is 24.3 Å². The zero-order valence-corrected chi connectivity index (χ0v) is 33.0. The molecule has 292 valence electrons. The average molecular weight is 771 g/mol. The minimum atomic E-state index is -0.749. The first-order valence-electron chi connectivity index (χ1n) is 18.2. The number of rotatable bonds is 15. The Balaban J connectivity index is 0.00000673. The minimum absolute atomic E-state index is 0. The Labute approximate surface area is 329 Å². The fourth-order valence-electron chi connectivity index (χ4n) is 6.16. The van der Waals surface area contributed by atoms with Crippen molar-refractivity contribution in [1.29, 1.82) is 0 Å². The van der Waals surface area contributed by atoms with Crippen LogP contribution in [0, 0.1) is 0 Å². The van der Waals surface area contributed by atoms with Crippen molar-refractivity contribution in [3.8, 4) is 22.3 Å². The molecule has 0 fully saturated rings. The lowest BCUT2D eigenvalue weighted by molar-refractivity contribution is -0.144. The molecule has 0 aliphatic heterocycles. The first kappa shape index (κ1) is 42.3. The van der Waals surface area contributed by atoms with Crippen LogP contribution in [0.4, 0.5) is 15.3 Å². The molecule has 0 unspecified atom stereocenters. The van der Waals surface area contributed by atoms with E-state index >= 15 is 0 Å². The van der Waals surface area contributed by atoms with E-state index in [4.69, 9.17) is 18.9 Å². The van der Waals surface area contributed by atoms with Gasteiger partial charge in [0.1, 0.15) is 18.8 Å². The molecule has 12 nitrogen and oxygen atoms in total. The zero-order valence-electron chi connectivity index (χ0n) is 32.0. The van der Waals surface area contributed by atoms with Crippen LogP contribution in [0.25, 0.3) is 22.3 Å². The lowest BCUT2D eigenvalue weighted by Crippen LogP contribution is -2.40. The quantitative estimate of drug-likeness (QED) is 0.0721. The van der Waals surface area contributed by atoms with Gasteiger partial charge in [0.2, 0.25) is 0 Å². The van der Waals surface area contributed by atoms with E-state index in [0.29, 0.717) is 0 Å². The second-order valence-electron chi connectivity index (χ2n) is 13.7. The molecule has 1 heterocycles. The third-order valence-corrected chi connectivity index (χ3v) is 8.66. The molecule has 0 radical (unpaired) electrons. The third kappa shape index (κ3) is 11.5. The fourth-order valence-corrected chi connectivity index (χ4v) is 6.16. The van der Waals surface area contributed by atoms with Gasteiger partial charge in [-0.15, -0.1) is 0 Å². The van der Waals surface area contributed by atoms with E-state index in [1.165, 1.54) is 4.90 Å². The first-order valence-corrected chi connectivity index (χ1v) is 18.2. The monoisotopic (exact) mass is 770 g/mol. The van der Waals surface area contributed by atoms with Crippen LogP contribution >= 0.6 is 13.5 Å². The highest BCUT2D eigenvalue weighted by molar-refractivity contribution is 7.59. The number of anilines is 1. The van der Waals surface area contributed by atoms with Gasteiger partial charge in [-0.05, 0) is 73.6 Å². The molecular formula is C42H50N4O8S. The van der Waals surface area contributed by atoms with Crippen molar-refractivity contribution in [2.45, 2.75) is 52.6 Å². The molecule has 3 amide bonds. The lowest BCUT2D eigenvalue weighted by Gasteiger charge is -2.23. The Morgan fingerprint density at radius 1 is 0.836 bits per heavy atom. The molecule has 55 heavy (non-hydrogen) atoms. The van der Waals surface area contributed by atoms with Crippen LogP contribution < -0.4 is 10.6 Å². The Hall–Kier alpha value is -5.40. The molecular weight excluding hydrogens is 721 g/mol. The molecule has 0 spiro atoms. The molecule has 4 aromatic rings. The molecule has 0 bridgehead atoms. The van der Waals surface area contributed by atoms with Crippen molar-refractivity contribution >= 4 is 43.2 Å². The number of benzene rings is 3. The van der Waals surface area contributed by atoms with Crippen LogP contribution in [0.2, 0.25) is 0 Å². The van der Waals surface area contributed by atoms with E-state index in [9.17, 15) is 19.2 Å². The van der Waals surface area contributed by atoms with Crippen molar-refractivity contribution in [1.82, 2.24) is 15.2 Å². The van der Waals surface area contributed by atoms with E-state index in [0.717, 1.165) is 45.4 Å². The Bertz CT molecular complexity index is 1920. The number of hydrogen-bond acceptors (Lipinski definition) is 9. The molecule has 0 atom stereocenters. The number of nitrogens with zero attached hydrogens (tertiary/aromatic N) is 2. The van der Waals surface area contributed by atoms with Gasteiger partial charge >= 0.3 is 18.2 Å². The molecule has 1 aliphatic rings. The minimum Gasteiger partial charge on any atom is -0.465 e. The summed E-state index contributed by atoms with van der Waals surface area (Å²) in [5, 5.41) is 5.45. The summed E-state index contributed by atoms with van der Waals surface area (Å²) in [5.41, 5.74) is 6.58. The number of carbonyl (C=O) groups is 4. The van der Waals surface area contributed by atoms with Crippen LogP contribution in [0.3, 0.4) is 0 Å². The highest BCUT2D eigenvalue weighted by Crippen LogP contribution is 2.44. The Morgan fingerprint density at radius 3 is 2.18 bits per heavy atom. The Morgan fingerprint density at radius 2 is 1.53 bits per heavy atom. The van der Waals surface area contributed by atoms with Crippen molar-refractivity contribution < 1.29 is 38.1 Å². The standard InChI is InChI=1S/C42H48N4O8.H2S/c1-6-28-13-12-14-29(23-28)30-24-36(45-40(49)54-42(3,4)5)38(44-25-30)39(48)43-19-21-51-22-20-46(26-37(47)52-7-2)41(50)53-27-35-33-17-10-8-15-31(33)32-16-9-11-18-34(32)35;/h8-18,23-25,35H,6-7,19-22,26-27H2,1-5H3,(H,43,48)(H,45,49);1H2. The number of aromatic nitrogens is 1. The second kappa shape index (κ2) is 19.8. The summed E-state index contributed by atoms with van der Waals surface area (Å²) in [6.45, 7) is 9.29. The number of amides is 3. The van der Waals surface area contributed by atoms with E-state index in [2.05, 4.69) is 34.7 Å². The van der Waals surface area contributed by atoms with E-state index in [1.807, 2.05) is 60.7 Å². The molecule has 0 saturated carbocycles. The van der Waals surface area contributed by atoms with E-state index < -0.39 is 29.7 Å². The maximum Gasteiger partial charge on any atom is 0.412 e. The summed E-state index contributed by atoms with van der Waals surface area (Å²) in [7, 11) is 0. The van der Waals surface area contributed by atoms with Crippen LogP contribution in [-0.4, -0.2) is 85.6 Å². The highest BCUT2D eigenvalue weighted by Gasteiger charge is 2.30. The van der Waals surface area contributed by atoms with Gasteiger partial charge in [-0.25, -0.2) is 14.6 Å². The number of hydrogen-bond donors (Lipinski definition) is 2. The smallest absolute Gasteiger partial charge is 0.412 e. The maximum absolute atomic E-state index is 13.3. The van der Waals surface area contributed by atoms with E-state index in [-0.39, 0.29) is 76.9 Å². The molecule has 1 aliphatic carbocycles. The topological polar surface area (TPSA) is 145 Å². The molecule has 1 aromatic heterocycles. The number of nitrogens with one attached hydrogen (secondary N) is 2. The van der Waals surface area contributed by atoms with Crippen LogP contribution in [0.15, 0.2) is 85.1 Å². The number of aryl methyl sites for hydroxylation is 1. The van der Waals surface area contributed by atoms with Gasteiger partial charge in [0.05, 0.1) is 25.5 Å². The van der Waals surface area contributed by atoms with Gasteiger partial charge in [-0.1, -0.05) is 79.7 Å². The van der Waals surface area contributed by atoms with Crippen LogP contribution in [0.5, 0.6) is 0 Å². The summed E-state index contributed by atoms with van der Waals surface area (Å²) in [6.07, 6.45) is 1.06. The van der Waals surface area contributed by atoms with E-state index in [1.54, 1.807) is 40.0 Å². The average Bonchev–Trinajstić information content (AvgIpc) is 3.47. The first-order chi connectivity index (χ1) is 26.0. The fraction of sp³-hybridized carbons (Fsp3) is 0.357. The van der Waals surface area contributed by atoms with Gasteiger partial charge in [0, 0.05) is 30.8 Å². The van der Waals surface area contributed by atoms with Gasteiger partial charge in [0.25, 0.3) is 5.91 Å². The Kier molecular flexibility index (Phi) is 15.2. The molecule has 5 rings (SSSR count). The lowest BCUT2D eigenvalue weighted by atomic mass is 9.98. The highest BCUT2D eigenvalue weighted by atomic mass is 32.1. The normalized spacial score (nSPS) is 11.7. The predicted molar refractivity (Wildman–Crippen MR) is 216 cm³/mol. The summed E-state index contributed by atoms with van der Waals surface area (Å²) < 4.78 is 22.0. The summed E-state index contributed by atoms with van der Waals surface area (Å²) in [4.78, 5) is 57.3. The van der Waals surface area contributed by atoms with Crippen molar-refractivity contribution in [3.63, 3.8) is 0 Å². The van der Waals surface area contributed by atoms with Gasteiger partial charge in [-0.2, -0.15) is 13.5 Å². The van der Waals surface area contributed by atoms with Crippen molar-refractivity contribution in [3.05, 3.63) is 107 Å². The number of ether oxygens (including phenoxy) is 4. The summed E-state index contributed by atoms with van der Waals surface area (Å²) in [5.74, 6) is -1.23. The third-order valence-electron chi connectivity index (χ3n) is 8.66. The number of pyridine rings is 1. The SMILES string of the molecule is CCOC(=O)CN(CCOCCNC(=O)c1ncc(-c2cccc(CC)c2)cc1NC(=O)OC(C)(C)C)C(=O)OCC1c2ccccc2-c2ccccc21.S. The molecule has 0 saturated heterocycles. The largest absolute Gasteiger partial charge is 0.465 e. The van der Waals surface area contributed by atoms with Crippen molar-refractivity contribution in [2.75, 3.05) is 51.4 Å². The number of carbonyl (C=O) groups excluding carboxylic acids is 4. The van der Waals surface area contributed by atoms with Crippen molar-refractivity contribution in [2.24, 2.45) is 0 Å². The maximum atomic E-state index is 13.3. The molecule has 2 N–H and O–H groups in total.